The topological polar surface area (TPSA) is 12.0 Å². The van der Waals surface area contributed by atoms with E-state index in [9.17, 15) is 0 Å². The Morgan fingerprint density at radius 1 is 1.12 bits per heavy atom. The first-order valence-corrected chi connectivity index (χ1v) is 6.46. The second kappa shape index (κ2) is 5.09. The summed E-state index contributed by atoms with van der Waals surface area (Å²) >= 11 is 13.6. The quantitative estimate of drug-likeness (QED) is 0.831. The van der Waals surface area contributed by atoms with Gasteiger partial charge in [-0.05, 0) is 37.3 Å². The predicted octanol–water partition coefficient (Wildman–Crippen LogP) is 4.98. The van der Waals surface area contributed by atoms with Crippen LogP contribution in [0.4, 0.5) is 5.69 Å². The number of halogens is 2. The smallest absolute Gasteiger partial charge is 0.0494 e. The molecule has 0 atom stereocenters. The van der Waals surface area contributed by atoms with Crippen LogP contribution in [0.25, 0.3) is 0 Å². The molecule has 4 heteroatoms. The van der Waals surface area contributed by atoms with Crippen molar-refractivity contribution >= 4 is 40.2 Å². The lowest BCUT2D eigenvalue weighted by Crippen LogP contribution is -1.96. The third-order valence-electron chi connectivity index (χ3n) is 2.13. The van der Waals surface area contributed by atoms with Crippen molar-refractivity contribution in [1.82, 2.24) is 0 Å². The zero-order chi connectivity index (χ0) is 11.5. The Labute approximate surface area is 109 Å². The lowest BCUT2D eigenvalue weighted by molar-refractivity contribution is 1.19. The average Bonchev–Trinajstić information content (AvgIpc) is 2.60. The maximum atomic E-state index is 5.91. The zero-order valence-electron chi connectivity index (χ0n) is 8.76. The molecule has 2 rings (SSSR count). The number of thiophene rings is 1. The third-order valence-corrected chi connectivity index (χ3v) is 3.56. The number of aryl methyl sites for hydroxylation is 1. The molecule has 1 N–H and O–H groups in total. The van der Waals surface area contributed by atoms with Crippen LogP contribution in [0.2, 0.25) is 10.0 Å². The fourth-order valence-electron chi connectivity index (χ4n) is 1.43. The maximum absolute atomic E-state index is 5.91. The molecule has 0 amide bonds. The predicted molar refractivity (Wildman–Crippen MR) is 72.8 cm³/mol. The highest BCUT2D eigenvalue weighted by molar-refractivity contribution is 7.11. The van der Waals surface area contributed by atoms with Crippen LogP contribution in [0, 0.1) is 6.92 Å². The Morgan fingerprint density at radius 3 is 2.38 bits per heavy atom. The molecule has 84 valence electrons. The van der Waals surface area contributed by atoms with Crippen LogP contribution in [0.1, 0.15) is 9.75 Å². The molecule has 0 unspecified atom stereocenters. The van der Waals surface area contributed by atoms with Crippen molar-refractivity contribution in [3.8, 4) is 0 Å². The minimum absolute atomic E-state index is 0.650. The Balaban J connectivity index is 2.04. The van der Waals surface area contributed by atoms with E-state index in [0.717, 1.165) is 12.2 Å². The van der Waals surface area contributed by atoms with Crippen molar-refractivity contribution in [2.24, 2.45) is 0 Å². The monoisotopic (exact) mass is 271 g/mol. The highest BCUT2D eigenvalue weighted by Crippen LogP contribution is 2.23. The van der Waals surface area contributed by atoms with Crippen LogP contribution in [-0.2, 0) is 6.54 Å². The fraction of sp³-hybridized carbons (Fsp3) is 0.167. The molecule has 16 heavy (non-hydrogen) atoms. The van der Waals surface area contributed by atoms with Gasteiger partial charge in [0.05, 0.1) is 0 Å². The minimum Gasteiger partial charge on any atom is -0.380 e. The van der Waals surface area contributed by atoms with Gasteiger partial charge in [0.2, 0.25) is 0 Å². The molecule has 0 saturated heterocycles. The molecule has 0 fully saturated rings. The van der Waals surface area contributed by atoms with Crippen LogP contribution in [0.15, 0.2) is 30.3 Å². The van der Waals surface area contributed by atoms with Gasteiger partial charge in [-0.3, -0.25) is 0 Å². The first-order valence-electron chi connectivity index (χ1n) is 4.89. The largest absolute Gasteiger partial charge is 0.380 e. The van der Waals surface area contributed by atoms with Crippen molar-refractivity contribution in [2.45, 2.75) is 13.5 Å². The second-order valence-corrected chi connectivity index (χ2v) is 5.77. The lowest BCUT2D eigenvalue weighted by Gasteiger charge is -2.05. The number of hydrogen-bond acceptors (Lipinski definition) is 2. The summed E-state index contributed by atoms with van der Waals surface area (Å²) in [5, 5.41) is 4.60. The molecule has 2 aromatic rings. The van der Waals surface area contributed by atoms with E-state index in [-0.39, 0.29) is 0 Å². The van der Waals surface area contributed by atoms with E-state index in [1.165, 1.54) is 9.75 Å². The van der Waals surface area contributed by atoms with Gasteiger partial charge in [0.15, 0.2) is 0 Å². The van der Waals surface area contributed by atoms with E-state index in [1.54, 1.807) is 17.4 Å². The molecule has 1 heterocycles. The molecule has 0 aliphatic rings. The van der Waals surface area contributed by atoms with Crippen LogP contribution >= 0.6 is 34.5 Å². The molecule has 1 aromatic carbocycles. The van der Waals surface area contributed by atoms with Gasteiger partial charge in [-0.1, -0.05) is 23.2 Å². The average molecular weight is 272 g/mol. The summed E-state index contributed by atoms with van der Waals surface area (Å²) in [5.74, 6) is 0. The number of anilines is 1. The SMILES string of the molecule is Cc1ccc(CNc2cc(Cl)cc(Cl)c2)s1. The molecule has 0 aliphatic heterocycles. The Bertz CT molecular complexity index is 473. The van der Waals surface area contributed by atoms with Gasteiger partial charge in [0.1, 0.15) is 0 Å². The van der Waals surface area contributed by atoms with E-state index >= 15 is 0 Å². The van der Waals surface area contributed by atoms with Crippen molar-refractivity contribution in [3.05, 3.63) is 50.1 Å². The summed E-state index contributed by atoms with van der Waals surface area (Å²) in [4.78, 5) is 2.62. The van der Waals surface area contributed by atoms with Gasteiger partial charge < -0.3 is 5.32 Å². The molecular formula is C12H11Cl2NS. The number of nitrogens with one attached hydrogen (secondary N) is 1. The summed E-state index contributed by atoms with van der Waals surface area (Å²) in [7, 11) is 0. The molecule has 0 saturated carbocycles. The molecule has 1 nitrogen and oxygen atoms in total. The van der Waals surface area contributed by atoms with E-state index in [2.05, 4.69) is 24.4 Å². The van der Waals surface area contributed by atoms with Crippen molar-refractivity contribution in [1.29, 1.82) is 0 Å². The molecule has 1 aromatic heterocycles. The standard InChI is InChI=1S/C12H11Cl2NS/c1-8-2-3-12(16-8)7-15-11-5-9(13)4-10(14)6-11/h2-6,15H,7H2,1H3. The lowest BCUT2D eigenvalue weighted by atomic mass is 10.3. The van der Waals surface area contributed by atoms with Crippen molar-refractivity contribution in [3.63, 3.8) is 0 Å². The first kappa shape index (κ1) is 11.8. The molecule has 0 aliphatic carbocycles. The van der Waals surface area contributed by atoms with Gasteiger partial charge in [0.25, 0.3) is 0 Å². The normalized spacial score (nSPS) is 10.4. The molecule has 0 radical (unpaired) electrons. The van der Waals surface area contributed by atoms with E-state index in [0.29, 0.717) is 10.0 Å². The van der Waals surface area contributed by atoms with Crippen LogP contribution in [0.5, 0.6) is 0 Å². The summed E-state index contributed by atoms with van der Waals surface area (Å²) in [6.45, 7) is 2.90. The summed E-state index contributed by atoms with van der Waals surface area (Å²) < 4.78 is 0. The highest BCUT2D eigenvalue weighted by Gasteiger charge is 1.99. The molecule has 0 bridgehead atoms. The Hall–Kier alpha value is -0.700. The van der Waals surface area contributed by atoms with Crippen LogP contribution in [0.3, 0.4) is 0 Å². The first-order chi connectivity index (χ1) is 7.63. The fourth-order valence-corrected chi connectivity index (χ4v) is 2.78. The minimum atomic E-state index is 0.650. The number of benzene rings is 1. The van der Waals surface area contributed by atoms with E-state index in [1.807, 2.05) is 12.1 Å². The zero-order valence-corrected chi connectivity index (χ0v) is 11.1. The van der Waals surface area contributed by atoms with Crippen molar-refractivity contribution in [2.75, 3.05) is 5.32 Å². The van der Waals surface area contributed by atoms with Gasteiger partial charge >= 0.3 is 0 Å². The highest BCUT2D eigenvalue weighted by atomic mass is 35.5. The summed E-state index contributed by atoms with van der Waals surface area (Å²) in [6.07, 6.45) is 0. The van der Waals surface area contributed by atoms with Crippen LogP contribution in [-0.4, -0.2) is 0 Å². The summed E-state index contributed by atoms with van der Waals surface area (Å²) in [6, 6.07) is 9.71. The van der Waals surface area contributed by atoms with E-state index < -0.39 is 0 Å². The van der Waals surface area contributed by atoms with Gasteiger partial charge in [-0.2, -0.15) is 0 Å². The summed E-state index contributed by atoms with van der Waals surface area (Å²) in [5.41, 5.74) is 0.948. The second-order valence-electron chi connectivity index (χ2n) is 3.52. The Kier molecular flexibility index (Phi) is 3.74. The van der Waals surface area contributed by atoms with Crippen LogP contribution < -0.4 is 5.32 Å². The van der Waals surface area contributed by atoms with Crippen molar-refractivity contribution < 1.29 is 0 Å². The number of rotatable bonds is 3. The Morgan fingerprint density at radius 2 is 1.81 bits per heavy atom. The molecule has 0 spiro atoms. The van der Waals surface area contributed by atoms with Gasteiger partial charge in [-0.15, -0.1) is 11.3 Å². The maximum Gasteiger partial charge on any atom is 0.0494 e. The third kappa shape index (κ3) is 3.14. The van der Waals surface area contributed by atoms with Gasteiger partial charge in [-0.25, -0.2) is 0 Å². The van der Waals surface area contributed by atoms with Gasteiger partial charge in [0, 0.05) is 32.0 Å². The number of hydrogen-bond donors (Lipinski definition) is 1. The van der Waals surface area contributed by atoms with E-state index in [4.69, 9.17) is 23.2 Å². The molecular weight excluding hydrogens is 261 g/mol.